The molecule has 0 bridgehead atoms. The maximum Gasteiger partial charge on any atom is 0.166 e. The molecule has 0 radical (unpaired) electrons. The molecule has 0 aliphatic carbocycles. The molecule has 19 heavy (non-hydrogen) atoms. The normalized spacial score (nSPS) is 10.2. The summed E-state index contributed by atoms with van der Waals surface area (Å²) in [4.78, 5) is 3.96. The fourth-order valence-corrected chi connectivity index (χ4v) is 1.59. The number of pyridine rings is 1. The van der Waals surface area contributed by atoms with E-state index in [-0.39, 0.29) is 0 Å². The van der Waals surface area contributed by atoms with E-state index in [1.54, 1.807) is 12.3 Å². The number of benzene rings is 1. The summed E-state index contributed by atoms with van der Waals surface area (Å²) in [6.07, 6.45) is 2.44. The number of nitrogens with zero attached hydrogens (tertiary/aromatic N) is 1. The number of aryl methyl sites for hydroxylation is 1. The van der Waals surface area contributed by atoms with E-state index in [0.29, 0.717) is 24.8 Å². The summed E-state index contributed by atoms with van der Waals surface area (Å²) in [6.45, 7) is 3.22. The van der Waals surface area contributed by atoms with Crippen molar-refractivity contribution in [2.45, 2.75) is 13.3 Å². The highest BCUT2D eigenvalue weighted by molar-refractivity contribution is 5.44. The van der Waals surface area contributed by atoms with Crippen molar-refractivity contribution in [1.29, 1.82) is 0 Å². The molecule has 0 atom stereocenters. The molecule has 4 nitrogen and oxygen atoms in total. The van der Waals surface area contributed by atoms with Gasteiger partial charge in [0.05, 0.1) is 13.2 Å². The van der Waals surface area contributed by atoms with Crippen molar-refractivity contribution in [2.75, 3.05) is 18.9 Å². The number of aromatic nitrogens is 1. The second-order valence-electron chi connectivity index (χ2n) is 4.25. The zero-order valence-corrected chi connectivity index (χ0v) is 11.0. The smallest absolute Gasteiger partial charge is 0.166 e. The lowest BCUT2D eigenvalue weighted by atomic mass is 10.2. The number of rotatable bonds is 6. The highest BCUT2D eigenvalue weighted by Gasteiger charge is 1.99. The lowest BCUT2D eigenvalue weighted by molar-refractivity contribution is 0.248. The molecule has 0 aliphatic rings. The summed E-state index contributed by atoms with van der Waals surface area (Å²) >= 11 is 0. The Kier molecular flexibility index (Phi) is 4.61. The van der Waals surface area contributed by atoms with Crippen LogP contribution in [-0.4, -0.2) is 18.2 Å². The second-order valence-corrected chi connectivity index (χ2v) is 4.25. The molecular formula is C15H18N2O2. The second kappa shape index (κ2) is 6.64. The van der Waals surface area contributed by atoms with Crippen LogP contribution >= 0.6 is 0 Å². The highest BCUT2D eigenvalue weighted by Crippen LogP contribution is 2.17. The van der Waals surface area contributed by atoms with E-state index < -0.39 is 0 Å². The summed E-state index contributed by atoms with van der Waals surface area (Å²) in [7, 11) is 0. The zero-order valence-electron chi connectivity index (χ0n) is 11.0. The Labute approximate surface area is 113 Å². The van der Waals surface area contributed by atoms with Crippen LogP contribution < -0.4 is 15.2 Å². The van der Waals surface area contributed by atoms with Crippen molar-refractivity contribution in [3.63, 3.8) is 0 Å². The van der Waals surface area contributed by atoms with Crippen LogP contribution in [0, 0.1) is 6.92 Å². The molecule has 1 aromatic heterocycles. The van der Waals surface area contributed by atoms with Gasteiger partial charge in [0.2, 0.25) is 0 Å². The fourth-order valence-electron chi connectivity index (χ4n) is 1.59. The van der Waals surface area contributed by atoms with Gasteiger partial charge in [-0.05, 0) is 31.2 Å². The molecule has 0 saturated carbocycles. The fraction of sp³-hybridized carbons (Fsp3) is 0.267. The third kappa shape index (κ3) is 4.17. The number of hydrogen-bond donors (Lipinski definition) is 1. The Balaban J connectivity index is 1.67. The Morgan fingerprint density at radius 2 is 1.79 bits per heavy atom. The van der Waals surface area contributed by atoms with Crippen molar-refractivity contribution in [1.82, 2.24) is 4.98 Å². The number of anilines is 1. The molecule has 0 spiro atoms. The van der Waals surface area contributed by atoms with Gasteiger partial charge >= 0.3 is 0 Å². The van der Waals surface area contributed by atoms with Gasteiger partial charge in [0.15, 0.2) is 11.6 Å². The summed E-state index contributed by atoms with van der Waals surface area (Å²) in [5, 5.41) is 0. The first-order chi connectivity index (χ1) is 9.25. The molecular weight excluding hydrogens is 240 g/mol. The van der Waals surface area contributed by atoms with Crippen LogP contribution in [0.25, 0.3) is 0 Å². The van der Waals surface area contributed by atoms with Crippen molar-refractivity contribution >= 4 is 5.82 Å². The number of ether oxygens (including phenoxy) is 2. The third-order valence-electron chi connectivity index (χ3n) is 2.64. The molecule has 2 rings (SSSR count). The maximum absolute atomic E-state index is 5.67. The number of nitrogens with two attached hydrogens (primary N) is 1. The molecule has 0 saturated heterocycles. The topological polar surface area (TPSA) is 57.4 Å². The number of hydrogen-bond acceptors (Lipinski definition) is 4. The van der Waals surface area contributed by atoms with Crippen LogP contribution in [0.3, 0.4) is 0 Å². The van der Waals surface area contributed by atoms with Crippen LogP contribution in [0.15, 0.2) is 42.6 Å². The average molecular weight is 258 g/mol. The van der Waals surface area contributed by atoms with Gasteiger partial charge in [-0.2, -0.15) is 0 Å². The van der Waals surface area contributed by atoms with Gasteiger partial charge in [0.25, 0.3) is 0 Å². The van der Waals surface area contributed by atoms with Gasteiger partial charge < -0.3 is 15.2 Å². The highest BCUT2D eigenvalue weighted by atomic mass is 16.5. The van der Waals surface area contributed by atoms with E-state index in [2.05, 4.69) is 11.9 Å². The van der Waals surface area contributed by atoms with Crippen molar-refractivity contribution in [3.05, 3.63) is 48.2 Å². The minimum Gasteiger partial charge on any atom is -0.493 e. The Morgan fingerprint density at radius 1 is 1.05 bits per heavy atom. The summed E-state index contributed by atoms with van der Waals surface area (Å²) in [6, 6.07) is 11.6. The SMILES string of the molecule is Cc1ccc(OCCCOc2cccnc2N)cc1. The van der Waals surface area contributed by atoms with Gasteiger partial charge in [-0.3, -0.25) is 0 Å². The Hall–Kier alpha value is -2.23. The van der Waals surface area contributed by atoms with Crippen molar-refractivity contribution < 1.29 is 9.47 Å². The molecule has 0 aliphatic heterocycles. The standard InChI is InChI=1S/C15H18N2O2/c1-12-5-7-13(8-6-12)18-10-3-11-19-14-4-2-9-17-15(14)16/h2,4-9H,3,10-11H2,1H3,(H2,16,17). The Bertz CT molecular complexity index is 512. The van der Waals surface area contributed by atoms with Crippen molar-refractivity contribution in [3.8, 4) is 11.5 Å². The van der Waals surface area contributed by atoms with Gasteiger partial charge in [0.1, 0.15) is 5.75 Å². The van der Waals surface area contributed by atoms with E-state index in [0.717, 1.165) is 12.2 Å². The van der Waals surface area contributed by atoms with E-state index in [9.17, 15) is 0 Å². The first-order valence-corrected chi connectivity index (χ1v) is 6.28. The summed E-state index contributed by atoms with van der Waals surface area (Å²) in [5.74, 6) is 1.92. The van der Waals surface area contributed by atoms with Gasteiger partial charge in [-0.15, -0.1) is 0 Å². The maximum atomic E-state index is 5.67. The van der Waals surface area contributed by atoms with Crippen LogP contribution in [0.4, 0.5) is 5.82 Å². The van der Waals surface area contributed by atoms with Gasteiger partial charge in [-0.1, -0.05) is 17.7 Å². The van der Waals surface area contributed by atoms with E-state index in [4.69, 9.17) is 15.2 Å². The lowest BCUT2D eigenvalue weighted by Crippen LogP contribution is -2.06. The molecule has 100 valence electrons. The summed E-state index contributed by atoms with van der Waals surface area (Å²) < 4.78 is 11.1. The monoisotopic (exact) mass is 258 g/mol. The number of nitrogen functional groups attached to an aromatic ring is 1. The first-order valence-electron chi connectivity index (χ1n) is 6.28. The van der Waals surface area contributed by atoms with Crippen molar-refractivity contribution in [2.24, 2.45) is 0 Å². The summed E-state index contributed by atoms with van der Waals surface area (Å²) in [5.41, 5.74) is 6.90. The lowest BCUT2D eigenvalue weighted by Gasteiger charge is -2.09. The molecule has 1 heterocycles. The minimum atomic E-state index is 0.418. The average Bonchev–Trinajstić information content (AvgIpc) is 2.42. The van der Waals surface area contributed by atoms with E-state index in [1.807, 2.05) is 30.3 Å². The van der Waals surface area contributed by atoms with Crippen LogP contribution in [0.2, 0.25) is 0 Å². The molecule has 0 unspecified atom stereocenters. The van der Waals surface area contributed by atoms with Crippen LogP contribution in [0.1, 0.15) is 12.0 Å². The predicted molar refractivity (Wildman–Crippen MR) is 75.4 cm³/mol. The third-order valence-corrected chi connectivity index (χ3v) is 2.64. The molecule has 2 N–H and O–H groups in total. The van der Waals surface area contributed by atoms with Gasteiger partial charge in [0, 0.05) is 12.6 Å². The van der Waals surface area contributed by atoms with E-state index >= 15 is 0 Å². The molecule has 1 aromatic carbocycles. The van der Waals surface area contributed by atoms with Gasteiger partial charge in [-0.25, -0.2) is 4.98 Å². The molecule has 2 aromatic rings. The quantitative estimate of drug-likeness (QED) is 0.809. The zero-order chi connectivity index (χ0) is 13.5. The molecule has 0 fully saturated rings. The first kappa shape index (κ1) is 13.2. The molecule has 0 amide bonds. The predicted octanol–water partition coefficient (Wildman–Crippen LogP) is 2.82. The van der Waals surface area contributed by atoms with E-state index in [1.165, 1.54) is 5.56 Å². The Morgan fingerprint density at radius 3 is 2.53 bits per heavy atom. The molecule has 4 heteroatoms. The van der Waals surface area contributed by atoms with Crippen LogP contribution in [-0.2, 0) is 0 Å². The van der Waals surface area contributed by atoms with Crippen LogP contribution in [0.5, 0.6) is 11.5 Å². The minimum absolute atomic E-state index is 0.418. The largest absolute Gasteiger partial charge is 0.493 e.